The minimum absolute atomic E-state index is 0.200. The number of nitrogen functional groups attached to an aromatic ring is 1. The quantitative estimate of drug-likeness (QED) is 0.574. The Bertz CT molecular complexity index is 711. The second kappa shape index (κ2) is 7.99. The second-order valence-electron chi connectivity index (χ2n) is 5.24. The highest BCUT2D eigenvalue weighted by molar-refractivity contribution is 7.89. The molecule has 0 bridgehead atoms. The van der Waals surface area contributed by atoms with Crippen molar-refractivity contribution >= 4 is 15.7 Å². The van der Waals surface area contributed by atoms with E-state index in [-0.39, 0.29) is 11.4 Å². The summed E-state index contributed by atoms with van der Waals surface area (Å²) in [6, 6.07) is 13.5. The molecule has 2 rings (SSSR count). The van der Waals surface area contributed by atoms with E-state index in [2.05, 4.69) is 11.6 Å². The fraction of sp³-hybridized carbons (Fsp3) is 0.294. The topological polar surface area (TPSA) is 81.4 Å². The minimum atomic E-state index is -3.54. The standard InChI is InChI=1S/C17H22N2O3S/c1-2-3-12-22-16-8-4-14(5-9-16)13-19-23(20,21)17-10-6-15(18)7-11-17/h4-11,19H,2-3,12-13,18H2,1H3. The van der Waals surface area contributed by atoms with Crippen LogP contribution in [0.3, 0.4) is 0 Å². The summed E-state index contributed by atoms with van der Waals surface area (Å²) in [6.45, 7) is 3.03. The maximum atomic E-state index is 12.2. The third-order valence-corrected chi connectivity index (χ3v) is 4.76. The van der Waals surface area contributed by atoms with Gasteiger partial charge < -0.3 is 10.5 Å². The Morgan fingerprint density at radius 2 is 1.70 bits per heavy atom. The lowest BCUT2D eigenvalue weighted by Crippen LogP contribution is -2.23. The van der Waals surface area contributed by atoms with Crippen LogP contribution in [-0.4, -0.2) is 15.0 Å². The summed E-state index contributed by atoms with van der Waals surface area (Å²) in [7, 11) is -3.54. The molecule has 23 heavy (non-hydrogen) atoms. The number of unbranched alkanes of at least 4 members (excludes halogenated alkanes) is 1. The van der Waals surface area contributed by atoms with Gasteiger partial charge in [0.05, 0.1) is 11.5 Å². The van der Waals surface area contributed by atoms with Crippen LogP contribution in [0.1, 0.15) is 25.3 Å². The molecular formula is C17H22N2O3S. The first-order valence-electron chi connectivity index (χ1n) is 7.58. The second-order valence-corrected chi connectivity index (χ2v) is 7.01. The first kappa shape index (κ1) is 17.3. The molecule has 0 atom stereocenters. The number of rotatable bonds is 8. The summed E-state index contributed by atoms with van der Waals surface area (Å²) in [5.74, 6) is 0.795. The van der Waals surface area contributed by atoms with E-state index < -0.39 is 10.0 Å². The summed E-state index contributed by atoms with van der Waals surface area (Å²) in [6.07, 6.45) is 2.11. The molecule has 0 unspecified atom stereocenters. The average molecular weight is 334 g/mol. The number of sulfonamides is 1. The van der Waals surface area contributed by atoms with Crippen LogP contribution in [0.15, 0.2) is 53.4 Å². The number of benzene rings is 2. The van der Waals surface area contributed by atoms with Crippen molar-refractivity contribution in [1.82, 2.24) is 4.72 Å². The van der Waals surface area contributed by atoms with Gasteiger partial charge in [0.25, 0.3) is 0 Å². The molecule has 0 heterocycles. The third-order valence-electron chi connectivity index (χ3n) is 3.35. The summed E-state index contributed by atoms with van der Waals surface area (Å²) in [5, 5.41) is 0. The van der Waals surface area contributed by atoms with E-state index in [0.717, 1.165) is 24.2 Å². The monoisotopic (exact) mass is 334 g/mol. The lowest BCUT2D eigenvalue weighted by molar-refractivity contribution is 0.309. The summed E-state index contributed by atoms with van der Waals surface area (Å²) >= 11 is 0. The molecule has 3 N–H and O–H groups in total. The van der Waals surface area contributed by atoms with Crippen molar-refractivity contribution < 1.29 is 13.2 Å². The van der Waals surface area contributed by atoms with Crippen LogP contribution in [-0.2, 0) is 16.6 Å². The Morgan fingerprint density at radius 3 is 2.30 bits per heavy atom. The first-order valence-corrected chi connectivity index (χ1v) is 9.06. The fourth-order valence-corrected chi connectivity index (χ4v) is 2.96. The minimum Gasteiger partial charge on any atom is -0.494 e. The van der Waals surface area contributed by atoms with Gasteiger partial charge in [-0.3, -0.25) is 0 Å². The Kier molecular flexibility index (Phi) is 6.01. The van der Waals surface area contributed by atoms with Gasteiger partial charge in [-0.2, -0.15) is 0 Å². The molecule has 0 saturated heterocycles. The number of ether oxygens (including phenoxy) is 1. The highest BCUT2D eigenvalue weighted by atomic mass is 32.2. The molecule has 0 aromatic heterocycles. The van der Waals surface area contributed by atoms with Gasteiger partial charge in [-0.05, 0) is 48.4 Å². The molecule has 0 saturated carbocycles. The maximum absolute atomic E-state index is 12.2. The molecule has 124 valence electrons. The van der Waals surface area contributed by atoms with E-state index in [1.807, 2.05) is 24.3 Å². The number of nitrogens with one attached hydrogen (secondary N) is 1. The molecule has 0 fully saturated rings. The van der Waals surface area contributed by atoms with Crippen molar-refractivity contribution in [3.8, 4) is 5.75 Å². The molecular weight excluding hydrogens is 312 g/mol. The van der Waals surface area contributed by atoms with Crippen LogP contribution in [0.2, 0.25) is 0 Å². The number of hydrogen-bond acceptors (Lipinski definition) is 4. The number of hydrogen-bond donors (Lipinski definition) is 2. The van der Waals surface area contributed by atoms with Crippen molar-refractivity contribution in [3.05, 3.63) is 54.1 Å². The van der Waals surface area contributed by atoms with E-state index in [9.17, 15) is 8.42 Å². The van der Waals surface area contributed by atoms with Gasteiger partial charge >= 0.3 is 0 Å². The smallest absolute Gasteiger partial charge is 0.240 e. The van der Waals surface area contributed by atoms with Crippen molar-refractivity contribution in [2.24, 2.45) is 0 Å². The van der Waals surface area contributed by atoms with Gasteiger partial charge in [0.15, 0.2) is 0 Å². The molecule has 0 radical (unpaired) electrons. The van der Waals surface area contributed by atoms with Gasteiger partial charge in [-0.25, -0.2) is 13.1 Å². The Balaban J connectivity index is 1.93. The van der Waals surface area contributed by atoms with Crippen LogP contribution < -0.4 is 15.2 Å². The van der Waals surface area contributed by atoms with Gasteiger partial charge in [-0.1, -0.05) is 25.5 Å². The van der Waals surface area contributed by atoms with E-state index in [1.165, 1.54) is 12.1 Å². The van der Waals surface area contributed by atoms with Gasteiger partial charge in [-0.15, -0.1) is 0 Å². The summed E-state index contributed by atoms with van der Waals surface area (Å²) < 4.78 is 32.5. The lowest BCUT2D eigenvalue weighted by Gasteiger charge is -2.09. The SMILES string of the molecule is CCCCOc1ccc(CNS(=O)(=O)c2ccc(N)cc2)cc1. The molecule has 0 aliphatic rings. The zero-order chi connectivity index (χ0) is 16.7. The van der Waals surface area contributed by atoms with Crippen LogP contribution in [0.4, 0.5) is 5.69 Å². The molecule has 5 nitrogen and oxygen atoms in total. The van der Waals surface area contributed by atoms with Crippen LogP contribution in [0.25, 0.3) is 0 Å². The average Bonchev–Trinajstić information content (AvgIpc) is 2.55. The maximum Gasteiger partial charge on any atom is 0.240 e. The fourth-order valence-electron chi connectivity index (χ4n) is 1.95. The summed E-state index contributed by atoms with van der Waals surface area (Å²) in [4.78, 5) is 0.200. The number of nitrogens with two attached hydrogens (primary N) is 1. The first-order chi connectivity index (χ1) is 11.0. The Hall–Kier alpha value is -2.05. The molecule has 2 aromatic rings. The predicted molar refractivity (Wildman–Crippen MR) is 91.7 cm³/mol. The highest BCUT2D eigenvalue weighted by Crippen LogP contribution is 2.15. The molecule has 0 aliphatic carbocycles. The summed E-state index contributed by atoms with van der Waals surface area (Å²) in [5.41, 5.74) is 6.96. The third kappa shape index (κ3) is 5.26. The van der Waals surface area contributed by atoms with Crippen molar-refractivity contribution in [1.29, 1.82) is 0 Å². The molecule has 0 aliphatic heterocycles. The largest absolute Gasteiger partial charge is 0.494 e. The molecule has 6 heteroatoms. The van der Waals surface area contributed by atoms with Crippen LogP contribution in [0, 0.1) is 0 Å². The molecule has 2 aromatic carbocycles. The van der Waals surface area contributed by atoms with E-state index in [0.29, 0.717) is 12.3 Å². The lowest BCUT2D eigenvalue weighted by atomic mass is 10.2. The van der Waals surface area contributed by atoms with Gasteiger partial charge in [0.1, 0.15) is 5.75 Å². The molecule has 0 spiro atoms. The Morgan fingerprint density at radius 1 is 1.04 bits per heavy atom. The number of anilines is 1. The Labute approximate surface area is 137 Å². The highest BCUT2D eigenvalue weighted by Gasteiger charge is 2.13. The van der Waals surface area contributed by atoms with Crippen molar-refractivity contribution in [2.45, 2.75) is 31.2 Å². The van der Waals surface area contributed by atoms with Gasteiger partial charge in [0.2, 0.25) is 10.0 Å². The normalized spacial score (nSPS) is 11.3. The van der Waals surface area contributed by atoms with E-state index >= 15 is 0 Å². The van der Waals surface area contributed by atoms with Crippen molar-refractivity contribution in [2.75, 3.05) is 12.3 Å². The van der Waals surface area contributed by atoms with Crippen LogP contribution >= 0.6 is 0 Å². The zero-order valence-electron chi connectivity index (χ0n) is 13.2. The van der Waals surface area contributed by atoms with E-state index in [4.69, 9.17) is 10.5 Å². The van der Waals surface area contributed by atoms with Crippen LogP contribution in [0.5, 0.6) is 5.75 Å². The van der Waals surface area contributed by atoms with E-state index in [1.54, 1.807) is 12.1 Å². The predicted octanol–water partition coefficient (Wildman–Crippen LogP) is 2.93. The van der Waals surface area contributed by atoms with Gasteiger partial charge in [0, 0.05) is 12.2 Å². The van der Waals surface area contributed by atoms with Crippen molar-refractivity contribution in [3.63, 3.8) is 0 Å². The molecule has 0 amide bonds. The zero-order valence-corrected chi connectivity index (χ0v) is 14.0.